The molecule has 0 radical (unpaired) electrons. The molecule has 1 aliphatic heterocycles. The highest BCUT2D eigenvalue weighted by Gasteiger charge is 2.28. The minimum absolute atomic E-state index is 0.180. The summed E-state index contributed by atoms with van der Waals surface area (Å²) in [6.45, 7) is 4.05. The Balaban J connectivity index is 1.47. The van der Waals surface area contributed by atoms with Crippen molar-refractivity contribution in [3.05, 3.63) is 47.4 Å². The molecule has 1 aromatic carbocycles. The van der Waals surface area contributed by atoms with E-state index in [1.165, 1.54) is 12.1 Å². The van der Waals surface area contributed by atoms with Crippen molar-refractivity contribution < 1.29 is 9.50 Å². The summed E-state index contributed by atoms with van der Waals surface area (Å²) in [5.74, 6) is 1.87. The Kier molecular flexibility index (Phi) is 5.04. The standard InChI is InChI=1S/C22H27FN6O/c1-13-6-16(23)8-17(7-13)27-21-9-20(25-10-15-4-5-24-12-19(15)30)28-22-18(14-2-3-14)11-26-29(21)22/h6-9,11,14-15,19,24,27,30H,2-5,10,12H2,1H3,(H,25,28)/t15-,19+/m1/s1. The van der Waals surface area contributed by atoms with Crippen LogP contribution in [-0.2, 0) is 0 Å². The molecule has 30 heavy (non-hydrogen) atoms. The third-order valence-corrected chi connectivity index (χ3v) is 5.97. The molecule has 2 atom stereocenters. The van der Waals surface area contributed by atoms with Crippen LogP contribution in [0.25, 0.3) is 5.65 Å². The van der Waals surface area contributed by atoms with Gasteiger partial charge in [-0.25, -0.2) is 9.37 Å². The number of rotatable bonds is 6. The lowest BCUT2D eigenvalue weighted by molar-refractivity contribution is 0.0883. The molecule has 2 fully saturated rings. The first kappa shape index (κ1) is 19.3. The van der Waals surface area contributed by atoms with Gasteiger partial charge in [-0.1, -0.05) is 0 Å². The van der Waals surface area contributed by atoms with E-state index < -0.39 is 0 Å². The first-order valence-corrected chi connectivity index (χ1v) is 10.6. The average Bonchev–Trinajstić information content (AvgIpc) is 3.46. The van der Waals surface area contributed by atoms with E-state index in [9.17, 15) is 9.50 Å². The number of halogens is 1. The van der Waals surface area contributed by atoms with Crippen LogP contribution in [0.15, 0.2) is 30.5 Å². The summed E-state index contributed by atoms with van der Waals surface area (Å²) in [4.78, 5) is 4.82. The topological polar surface area (TPSA) is 86.5 Å². The number of hydrogen-bond acceptors (Lipinski definition) is 6. The zero-order valence-electron chi connectivity index (χ0n) is 17.0. The Morgan fingerprint density at radius 1 is 1.23 bits per heavy atom. The summed E-state index contributed by atoms with van der Waals surface area (Å²) in [5, 5.41) is 24.7. The number of anilines is 3. The van der Waals surface area contributed by atoms with Gasteiger partial charge in [-0.2, -0.15) is 9.61 Å². The molecule has 0 amide bonds. The summed E-state index contributed by atoms with van der Waals surface area (Å²) in [7, 11) is 0. The number of fused-ring (bicyclic) bond motifs is 1. The molecule has 7 nitrogen and oxygen atoms in total. The number of nitrogens with zero attached hydrogens (tertiary/aromatic N) is 3. The third-order valence-electron chi connectivity index (χ3n) is 5.97. The maximum absolute atomic E-state index is 13.9. The average molecular weight is 410 g/mol. The lowest BCUT2D eigenvalue weighted by Gasteiger charge is -2.28. The molecular formula is C22H27FN6O. The highest BCUT2D eigenvalue weighted by Crippen LogP contribution is 2.42. The number of aliphatic hydroxyl groups is 1. The van der Waals surface area contributed by atoms with Crippen LogP contribution in [0.1, 0.15) is 36.3 Å². The molecular weight excluding hydrogens is 383 g/mol. The maximum Gasteiger partial charge on any atom is 0.163 e. The fourth-order valence-electron chi connectivity index (χ4n) is 4.17. The fraction of sp³-hybridized carbons (Fsp3) is 0.455. The van der Waals surface area contributed by atoms with Gasteiger partial charge in [0.05, 0.1) is 12.3 Å². The molecule has 8 heteroatoms. The predicted octanol–water partition coefficient (Wildman–Crippen LogP) is 3.18. The Hall–Kier alpha value is -2.71. The molecule has 5 rings (SSSR count). The Labute approximate surface area is 174 Å². The van der Waals surface area contributed by atoms with Crippen LogP contribution < -0.4 is 16.0 Å². The zero-order chi connectivity index (χ0) is 20.7. The molecule has 2 aromatic heterocycles. The number of nitrogens with one attached hydrogen (secondary N) is 3. The molecule has 0 bridgehead atoms. The summed E-state index contributed by atoms with van der Waals surface area (Å²) in [6.07, 6.45) is 4.77. The lowest BCUT2D eigenvalue weighted by Crippen LogP contribution is -2.43. The summed E-state index contributed by atoms with van der Waals surface area (Å²) in [6, 6.07) is 6.77. The van der Waals surface area contributed by atoms with Crippen molar-refractivity contribution in [2.45, 2.75) is 38.2 Å². The van der Waals surface area contributed by atoms with Crippen LogP contribution in [0, 0.1) is 18.7 Å². The number of aryl methyl sites for hydroxylation is 1. The van der Waals surface area contributed by atoms with E-state index in [0.29, 0.717) is 24.7 Å². The van der Waals surface area contributed by atoms with E-state index in [1.807, 2.05) is 25.3 Å². The molecule has 1 saturated heterocycles. The van der Waals surface area contributed by atoms with Gasteiger partial charge in [-0.15, -0.1) is 0 Å². The molecule has 4 N–H and O–H groups in total. The van der Waals surface area contributed by atoms with Gasteiger partial charge in [0, 0.05) is 36.3 Å². The molecule has 3 aromatic rings. The molecule has 158 valence electrons. The predicted molar refractivity (Wildman–Crippen MR) is 115 cm³/mol. The summed E-state index contributed by atoms with van der Waals surface area (Å²) >= 11 is 0. The highest BCUT2D eigenvalue weighted by molar-refractivity contribution is 5.66. The van der Waals surface area contributed by atoms with Crippen LogP contribution in [0.4, 0.5) is 21.7 Å². The zero-order valence-corrected chi connectivity index (χ0v) is 17.0. The second kappa shape index (κ2) is 7.85. The van der Waals surface area contributed by atoms with E-state index >= 15 is 0 Å². The molecule has 0 unspecified atom stereocenters. The van der Waals surface area contributed by atoms with Crippen LogP contribution in [-0.4, -0.2) is 45.4 Å². The molecule has 3 heterocycles. The van der Waals surface area contributed by atoms with Crippen molar-refractivity contribution in [3.8, 4) is 0 Å². The van der Waals surface area contributed by atoms with Gasteiger partial charge in [0.2, 0.25) is 0 Å². The number of aliphatic hydroxyl groups excluding tert-OH is 1. The maximum atomic E-state index is 13.9. The van der Waals surface area contributed by atoms with Gasteiger partial charge in [-0.05, 0) is 62.4 Å². The number of piperidine rings is 1. The first-order chi connectivity index (χ1) is 14.6. The smallest absolute Gasteiger partial charge is 0.163 e. The van der Waals surface area contributed by atoms with Crippen molar-refractivity contribution in [1.82, 2.24) is 19.9 Å². The second-order valence-electron chi connectivity index (χ2n) is 8.48. The summed E-state index contributed by atoms with van der Waals surface area (Å²) in [5.41, 5.74) is 3.49. The van der Waals surface area contributed by atoms with E-state index in [0.717, 1.165) is 54.2 Å². The van der Waals surface area contributed by atoms with Gasteiger partial charge in [0.1, 0.15) is 17.5 Å². The van der Waals surface area contributed by atoms with Gasteiger partial charge in [-0.3, -0.25) is 0 Å². The molecule has 1 aliphatic carbocycles. The lowest BCUT2D eigenvalue weighted by atomic mass is 9.95. The van der Waals surface area contributed by atoms with Crippen molar-refractivity contribution in [2.24, 2.45) is 5.92 Å². The second-order valence-corrected chi connectivity index (χ2v) is 8.48. The number of benzene rings is 1. The van der Waals surface area contributed by atoms with Gasteiger partial charge in [0.25, 0.3) is 0 Å². The minimum atomic E-state index is -0.361. The van der Waals surface area contributed by atoms with E-state index in [4.69, 9.17) is 4.98 Å². The quantitative estimate of drug-likeness (QED) is 0.499. The SMILES string of the molecule is Cc1cc(F)cc(Nc2cc(NC[C@H]3CCNC[C@@H]3O)nc3c(C4CC4)cnn23)c1. The van der Waals surface area contributed by atoms with Crippen molar-refractivity contribution in [3.63, 3.8) is 0 Å². The van der Waals surface area contributed by atoms with Crippen molar-refractivity contribution in [2.75, 3.05) is 30.3 Å². The van der Waals surface area contributed by atoms with Crippen LogP contribution in [0.5, 0.6) is 0 Å². The fourth-order valence-corrected chi connectivity index (χ4v) is 4.17. The highest BCUT2D eigenvalue weighted by atomic mass is 19.1. The van der Waals surface area contributed by atoms with Gasteiger partial charge in [0.15, 0.2) is 5.65 Å². The largest absolute Gasteiger partial charge is 0.391 e. The molecule has 1 saturated carbocycles. The van der Waals surface area contributed by atoms with E-state index in [-0.39, 0.29) is 17.8 Å². The van der Waals surface area contributed by atoms with E-state index in [2.05, 4.69) is 21.0 Å². The Morgan fingerprint density at radius 2 is 2.10 bits per heavy atom. The number of hydrogen-bond donors (Lipinski definition) is 4. The van der Waals surface area contributed by atoms with Crippen LogP contribution in [0.3, 0.4) is 0 Å². The van der Waals surface area contributed by atoms with Crippen LogP contribution in [0.2, 0.25) is 0 Å². The van der Waals surface area contributed by atoms with Crippen molar-refractivity contribution in [1.29, 1.82) is 0 Å². The van der Waals surface area contributed by atoms with Crippen LogP contribution >= 0.6 is 0 Å². The minimum Gasteiger partial charge on any atom is -0.391 e. The summed E-state index contributed by atoms with van der Waals surface area (Å²) < 4.78 is 15.7. The number of β-amino-alcohol motifs (C(OH)–C–C–N with tert-alkyl or cyclic N) is 1. The normalized spacial score (nSPS) is 21.7. The monoisotopic (exact) mass is 410 g/mol. The van der Waals surface area contributed by atoms with Gasteiger partial charge >= 0.3 is 0 Å². The third kappa shape index (κ3) is 3.97. The molecule has 2 aliphatic rings. The first-order valence-electron chi connectivity index (χ1n) is 10.6. The Morgan fingerprint density at radius 3 is 2.87 bits per heavy atom. The Bertz CT molecular complexity index is 1040. The molecule has 0 spiro atoms. The van der Waals surface area contributed by atoms with Crippen molar-refractivity contribution >= 4 is 23.0 Å². The number of aromatic nitrogens is 3. The van der Waals surface area contributed by atoms with E-state index in [1.54, 1.807) is 4.52 Å². The van der Waals surface area contributed by atoms with Gasteiger partial charge < -0.3 is 21.1 Å².